The van der Waals surface area contributed by atoms with E-state index in [-0.39, 0.29) is 38.6 Å². The van der Waals surface area contributed by atoms with Gasteiger partial charge in [0, 0.05) is 18.6 Å². The van der Waals surface area contributed by atoms with Gasteiger partial charge in [0.15, 0.2) is 0 Å². The summed E-state index contributed by atoms with van der Waals surface area (Å²) in [7, 11) is 0. The normalized spacial score (nSPS) is 19.2. The summed E-state index contributed by atoms with van der Waals surface area (Å²) < 4.78 is 9.87. The van der Waals surface area contributed by atoms with Gasteiger partial charge in [-0.05, 0) is 62.6 Å². The molecular formula is C21H29NO6. The Kier molecular flexibility index (Phi) is 8.44. The first-order chi connectivity index (χ1) is 13.5. The Balaban J connectivity index is 1.99. The molecule has 154 valence electrons. The molecular weight excluding hydrogens is 362 g/mol. The summed E-state index contributed by atoms with van der Waals surface area (Å²) in [5.74, 6) is -0.776. The van der Waals surface area contributed by atoms with Crippen LogP contribution < -0.4 is 5.32 Å². The standard InChI is InChI=1S/C21H29NO6/c1-3-27-19(24)12-11-18(21(26)28-4-2)22-20(25)15-7-5-14(6-8-15)17-10-9-16(17)13-23/h5-8,16-18,23H,3-4,9-13H2,1-2H3,(H,22,25)/t16?,17?,18-/m0/s1. The third kappa shape index (κ3) is 5.79. The molecule has 0 heterocycles. The van der Waals surface area contributed by atoms with Gasteiger partial charge in [-0.1, -0.05) is 12.1 Å². The third-order valence-corrected chi connectivity index (χ3v) is 5.07. The lowest BCUT2D eigenvalue weighted by Gasteiger charge is -2.35. The molecule has 0 spiro atoms. The lowest BCUT2D eigenvalue weighted by atomic mass is 9.70. The lowest BCUT2D eigenvalue weighted by molar-refractivity contribution is -0.146. The highest BCUT2D eigenvalue weighted by Crippen LogP contribution is 2.42. The van der Waals surface area contributed by atoms with Crippen molar-refractivity contribution in [1.29, 1.82) is 0 Å². The van der Waals surface area contributed by atoms with E-state index in [9.17, 15) is 19.5 Å². The summed E-state index contributed by atoms with van der Waals surface area (Å²) in [5, 5.41) is 12.0. The average Bonchev–Trinajstić information content (AvgIpc) is 2.65. The average molecular weight is 391 g/mol. The highest BCUT2D eigenvalue weighted by molar-refractivity contribution is 5.96. The molecule has 2 rings (SSSR count). The number of carbonyl (C=O) groups excluding carboxylic acids is 3. The Morgan fingerprint density at radius 3 is 2.32 bits per heavy atom. The predicted octanol–water partition coefficient (Wildman–Crippen LogP) is 2.18. The second-order valence-corrected chi connectivity index (χ2v) is 6.87. The Bertz CT molecular complexity index is 670. The minimum absolute atomic E-state index is 0.0146. The number of ether oxygens (including phenoxy) is 2. The van der Waals surface area contributed by atoms with Crippen LogP contribution >= 0.6 is 0 Å². The monoisotopic (exact) mass is 391 g/mol. The zero-order valence-corrected chi connectivity index (χ0v) is 16.5. The van der Waals surface area contributed by atoms with Crippen molar-refractivity contribution in [3.8, 4) is 0 Å². The van der Waals surface area contributed by atoms with Gasteiger partial charge in [-0.15, -0.1) is 0 Å². The number of nitrogens with one attached hydrogen (secondary N) is 1. The highest BCUT2D eigenvalue weighted by atomic mass is 16.5. The van der Waals surface area contributed by atoms with Gasteiger partial charge in [0.1, 0.15) is 6.04 Å². The van der Waals surface area contributed by atoms with E-state index in [0.717, 1.165) is 18.4 Å². The van der Waals surface area contributed by atoms with Gasteiger partial charge in [-0.3, -0.25) is 9.59 Å². The maximum Gasteiger partial charge on any atom is 0.328 e. The molecule has 0 aromatic heterocycles. The fourth-order valence-electron chi connectivity index (χ4n) is 3.34. The van der Waals surface area contributed by atoms with Crippen LogP contribution in [0.1, 0.15) is 61.4 Å². The maximum absolute atomic E-state index is 12.5. The summed E-state index contributed by atoms with van der Waals surface area (Å²) in [4.78, 5) is 36.2. The van der Waals surface area contributed by atoms with Crippen LogP contribution in [0.4, 0.5) is 0 Å². The second-order valence-electron chi connectivity index (χ2n) is 6.87. The molecule has 7 nitrogen and oxygen atoms in total. The Morgan fingerprint density at radius 1 is 1.11 bits per heavy atom. The molecule has 1 amide bonds. The molecule has 1 aromatic carbocycles. The molecule has 2 unspecified atom stereocenters. The van der Waals surface area contributed by atoms with Crippen molar-refractivity contribution in [2.75, 3.05) is 19.8 Å². The van der Waals surface area contributed by atoms with Gasteiger partial charge in [0.25, 0.3) is 5.91 Å². The fraction of sp³-hybridized carbons (Fsp3) is 0.571. The second kappa shape index (κ2) is 10.8. The first-order valence-electron chi connectivity index (χ1n) is 9.84. The minimum Gasteiger partial charge on any atom is -0.466 e. The highest BCUT2D eigenvalue weighted by Gasteiger charge is 2.31. The zero-order valence-electron chi connectivity index (χ0n) is 16.5. The summed E-state index contributed by atoms with van der Waals surface area (Å²) in [6, 6.07) is 6.29. The number of esters is 2. The van der Waals surface area contributed by atoms with Crippen molar-refractivity contribution in [2.24, 2.45) is 5.92 Å². The Hall–Kier alpha value is -2.41. The third-order valence-electron chi connectivity index (χ3n) is 5.07. The van der Waals surface area contributed by atoms with Gasteiger partial charge in [-0.25, -0.2) is 4.79 Å². The smallest absolute Gasteiger partial charge is 0.328 e. The molecule has 1 fully saturated rings. The van der Waals surface area contributed by atoms with Crippen molar-refractivity contribution < 1.29 is 29.0 Å². The van der Waals surface area contributed by atoms with Crippen LogP contribution in [0.3, 0.4) is 0 Å². The SMILES string of the molecule is CCOC(=O)CC[C@H](NC(=O)c1ccc(C2CCC2CO)cc1)C(=O)OCC. The summed E-state index contributed by atoms with van der Waals surface area (Å²) in [5.41, 5.74) is 1.53. The molecule has 1 saturated carbocycles. The van der Waals surface area contributed by atoms with Crippen molar-refractivity contribution in [1.82, 2.24) is 5.32 Å². The summed E-state index contributed by atoms with van der Waals surface area (Å²) >= 11 is 0. The maximum atomic E-state index is 12.5. The van der Waals surface area contributed by atoms with E-state index in [2.05, 4.69) is 5.32 Å². The van der Waals surface area contributed by atoms with Crippen molar-refractivity contribution >= 4 is 17.8 Å². The van der Waals surface area contributed by atoms with Gasteiger partial charge in [-0.2, -0.15) is 0 Å². The van der Waals surface area contributed by atoms with Crippen LogP contribution in [-0.2, 0) is 19.1 Å². The summed E-state index contributed by atoms with van der Waals surface area (Å²) in [6.45, 7) is 4.01. The molecule has 7 heteroatoms. The molecule has 2 N–H and O–H groups in total. The first kappa shape index (κ1) is 21.9. The van der Waals surface area contributed by atoms with Gasteiger partial charge < -0.3 is 19.9 Å². The van der Waals surface area contributed by atoms with E-state index < -0.39 is 23.9 Å². The number of amides is 1. The molecule has 0 radical (unpaired) electrons. The van der Waals surface area contributed by atoms with Crippen molar-refractivity contribution in [2.45, 2.75) is 51.5 Å². The van der Waals surface area contributed by atoms with Crippen LogP contribution in [0.5, 0.6) is 0 Å². The van der Waals surface area contributed by atoms with E-state index >= 15 is 0 Å². The molecule has 1 aromatic rings. The first-order valence-corrected chi connectivity index (χ1v) is 9.84. The van der Waals surface area contributed by atoms with E-state index in [0.29, 0.717) is 11.5 Å². The van der Waals surface area contributed by atoms with Crippen LogP contribution in [0.2, 0.25) is 0 Å². The van der Waals surface area contributed by atoms with Crippen LogP contribution in [-0.4, -0.2) is 48.8 Å². The number of benzene rings is 1. The van der Waals surface area contributed by atoms with Crippen LogP contribution in [0.25, 0.3) is 0 Å². The van der Waals surface area contributed by atoms with Crippen molar-refractivity contribution in [3.05, 3.63) is 35.4 Å². The van der Waals surface area contributed by atoms with E-state index in [1.165, 1.54) is 0 Å². The molecule has 1 aliphatic rings. The Labute approximate surface area is 165 Å². The number of carbonyl (C=O) groups is 3. The number of hydrogen-bond acceptors (Lipinski definition) is 6. The molecule has 28 heavy (non-hydrogen) atoms. The van der Waals surface area contributed by atoms with Crippen molar-refractivity contribution in [3.63, 3.8) is 0 Å². The van der Waals surface area contributed by atoms with Crippen LogP contribution in [0.15, 0.2) is 24.3 Å². The topological polar surface area (TPSA) is 102 Å². The number of aliphatic hydroxyl groups is 1. The largest absolute Gasteiger partial charge is 0.466 e. The predicted molar refractivity (Wildman–Crippen MR) is 103 cm³/mol. The molecule has 0 aliphatic heterocycles. The quantitative estimate of drug-likeness (QED) is 0.593. The van der Waals surface area contributed by atoms with E-state index in [1.807, 2.05) is 12.1 Å². The summed E-state index contributed by atoms with van der Waals surface area (Å²) in [6.07, 6.45) is 2.18. The van der Waals surface area contributed by atoms with Gasteiger partial charge >= 0.3 is 11.9 Å². The number of rotatable bonds is 10. The molecule has 0 bridgehead atoms. The van der Waals surface area contributed by atoms with E-state index in [4.69, 9.17) is 9.47 Å². The minimum atomic E-state index is -0.915. The van der Waals surface area contributed by atoms with Gasteiger partial charge in [0.2, 0.25) is 0 Å². The molecule has 3 atom stereocenters. The Morgan fingerprint density at radius 2 is 1.79 bits per heavy atom. The van der Waals surface area contributed by atoms with Crippen LogP contribution in [0, 0.1) is 5.92 Å². The zero-order chi connectivity index (χ0) is 20.5. The van der Waals surface area contributed by atoms with Gasteiger partial charge in [0.05, 0.1) is 13.2 Å². The molecule has 1 aliphatic carbocycles. The number of hydrogen-bond donors (Lipinski definition) is 2. The van der Waals surface area contributed by atoms with E-state index in [1.54, 1.807) is 26.0 Å². The number of aliphatic hydroxyl groups excluding tert-OH is 1. The molecule has 0 saturated heterocycles. The lowest BCUT2D eigenvalue weighted by Crippen LogP contribution is -2.42. The fourth-order valence-corrected chi connectivity index (χ4v) is 3.34.